The second kappa shape index (κ2) is 35.8. The summed E-state index contributed by atoms with van der Waals surface area (Å²) in [6, 6.07) is -13.7. The van der Waals surface area contributed by atoms with E-state index in [9.17, 15) is 67.7 Å². The minimum absolute atomic E-state index is 0.0468. The second-order valence-electron chi connectivity index (χ2n) is 23.7. The number of carboxylic acids is 2. The molecule has 3 rings (SSSR count). The van der Waals surface area contributed by atoms with Crippen LogP contribution in [0.5, 0.6) is 0 Å². The van der Waals surface area contributed by atoms with Crippen LogP contribution in [0.3, 0.4) is 0 Å². The molecule has 32 heteroatoms. The third-order valence-electron chi connectivity index (χ3n) is 15.8. The Hall–Kier alpha value is -7.90. The highest BCUT2D eigenvalue weighted by atomic mass is 16.4. The molecule has 0 radical (unpaired) electrons. The quantitative estimate of drug-likeness (QED) is 0.0163. The minimum atomic E-state index is -1.65. The van der Waals surface area contributed by atoms with E-state index in [1.807, 2.05) is 13.8 Å². The largest absolute Gasteiger partial charge is 0.481 e. The third-order valence-corrected chi connectivity index (χ3v) is 15.8. The van der Waals surface area contributed by atoms with Crippen molar-refractivity contribution in [3.8, 4) is 0 Å². The van der Waals surface area contributed by atoms with Gasteiger partial charge < -0.3 is 95.9 Å². The Morgan fingerprint density at radius 1 is 0.534 bits per heavy atom. The van der Waals surface area contributed by atoms with Crippen LogP contribution in [-0.2, 0) is 57.5 Å². The number of hydrogen-bond acceptors (Lipinski definition) is 16. The Bertz CT molecular complexity index is 2520. The van der Waals surface area contributed by atoms with Crippen LogP contribution in [0.15, 0.2) is 9.98 Å². The Labute approximate surface area is 513 Å². The van der Waals surface area contributed by atoms with Crippen molar-refractivity contribution in [2.45, 2.75) is 218 Å². The topological polar surface area (TPSA) is 514 Å². The minimum Gasteiger partial charge on any atom is -0.481 e. The summed E-state index contributed by atoms with van der Waals surface area (Å²) in [6.07, 6.45) is 0.576. The van der Waals surface area contributed by atoms with Crippen molar-refractivity contribution >= 4 is 82.9 Å². The van der Waals surface area contributed by atoms with Crippen molar-refractivity contribution in [1.82, 2.24) is 51.9 Å². The van der Waals surface area contributed by atoms with Gasteiger partial charge in [-0.25, -0.2) is 4.79 Å². The van der Waals surface area contributed by atoms with E-state index < -0.39 is 162 Å². The van der Waals surface area contributed by atoms with Crippen LogP contribution in [0.2, 0.25) is 0 Å². The first-order valence-electron chi connectivity index (χ1n) is 30.3. The molecular weight excluding hydrogens is 1150 g/mol. The molecule has 88 heavy (non-hydrogen) atoms. The zero-order valence-electron chi connectivity index (χ0n) is 52.0. The molecule has 0 spiro atoms. The number of aliphatic carboxylic acids is 2. The smallest absolute Gasteiger partial charge is 0.326 e. The van der Waals surface area contributed by atoms with Gasteiger partial charge in [0.25, 0.3) is 0 Å². The first-order valence-corrected chi connectivity index (χ1v) is 30.3. The lowest BCUT2D eigenvalue weighted by Crippen LogP contribution is -2.62. The molecule has 3 aliphatic rings. The number of carbonyl (C=O) groups excluding carboxylic acids is 10. The summed E-state index contributed by atoms with van der Waals surface area (Å²) in [5.74, 6) is -11.5. The number of aliphatic hydroxyl groups excluding tert-OH is 1. The molecule has 0 bridgehead atoms. The van der Waals surface area contributed by atoms with Gasteiger partial charge in [-0.3, -0.25) is 62.7 Å². The van der Waals surface area contributed by atoms with Crippen LogP contribution in [0.4, 0.5) is 0 Å². The van der Waals surface area contributed by atoms with Gasteiger partial charge in [-0.1, -0.05) is 48.0 Å². The average molecular weight is 1250 g/mol. The molecule has 3 aliphatic heterocycles. The standard InChI is InChI=1S/C56H97N17O15/c1-9-30(6)42(69-48(81)41(29(4)5)68-45(78)34(16-11-23-63-56(60)61)65-44(77)33(57)15-10-22-62-55(58)59)49(82)67-36(27-28(2)3)52(85)71-24-12-18-38(71)47(80)70-43(32(8)74)50(83)64-31(7)51(84)73-26-14-19-39(73)53(86)72-25-13-17-37(72)46(79)66-35(54(87)88)20-21-40(75)76/h28-39,41-43,74H,9-27,57H2,1-8H3,(H,64,83)(H,65,77)(H,66,79)(H,67,82)(H,68,78)(H,69,81)(H,70,80)(H,75,76)(H,87,88)(H4,58,59,62)(H4,60,61,63)/t30-,31-,32+,33-,34-,35-,36-,37-,38-,39-,41-,42-,43-/m0/s1. The van der Waals surface area contributed by atoms with Crippen LogP contribution in [0.25, 0.3) is 0 Å². The van der Waals surface area contributed by atoms with Crippen molar-refractivity contribution in [3.63, 3.8) is 0 Å². The molecule has 0 unspecified atom stereocenters. The molecule has 3 saturated heterocycles. The summed E-state index contributed by atoms with van der Waals surface area (Å²) in [6.45, 7) is 13.8. The number of likely N-dealkylation sites (tertiary alicyclic amines) is 3. The Balaban J connectivity index is 1.75. The van der Waals surface area contributed by atoms with Crippen LogP contribution in [0, 0.1) is 17.8 Å². The van der Waals surface area contributed by atoms with Gasteiger partial charge in [0.15, 0.2) is 11.9 Å². The summed E-state index contributed by atoms with van der Waals surface area (Å²) in [7, 11) is 0. The number of carboxylic acid groups (broad SMARTS) is 2. The van der Waals surface area contributed by atoms with Crippen LogP contribution in [0.1, 0.15) is 145 Å². The van der Waals surface area contributed by atoms with Gasteiger partial charge in [-0.05, 0) is 109 Å². The van der Waals surface area contributed by atoms with E-state index in [0.717, 1.165) is 0 Å². The molecule has 32 nitrogen and oxygen atoms in total. The first kappa shape index (κ1) is 74.4. The number of nitrogens with two attached hydrogens (primary N) is 5. The highest BCUT2D eigenvalue weighted by Gasteiger charge is 2.45. The van der Waals surface area contributed by atoms with Gasteiger partial charge in [-0.15, -0.1) is 0 Å². The number of rotatable bonds is 35. The van der Waals surface area contributed by atoms with Crippen LogP contribution in [-0.4, -0.2) is 218 Å². The zero-order valence-corrected chi connectivity index (χ0v) is 52.0. The number of carbonyl (C=O) groups is 12. The highest BCUT2D eigenvalue weighted by molar-refractivity contribution is 5.99. The van der Waals surface area contributed by atoms with Crippen molar-refractivity contribution in [2.75, 3.05) is 32.7 Å². The van der Waals surface area contributed by atoms with Gasteiger partial charge in [0.05, 0.1) is 12.1 Å². The van der Waals surface area contributed by atoms with Gasteiger partial charge >= 0.3 is 11.9 Å². The predicted octanol–water partition coefficient (Wildman–Crippen LogP) is -4.11. The van der Waals surface area contributed by atoms with E-state index in [2.05, 4.69) is 47.2 Å². The molecule has 3 heterocycles. The molecule has 3 fully saturated rings. The molecule has 0 aromatic heterocycles. The van der Waals surface area contributed by atoms with Crippen molar-refractivity contribution in [3.05, 3.63) is 0 Å². The maximum atomic E-state index is 14.6. The maximum absolute atomic E-state index is 14.6. The molecule has 10 amide bonds. The SMILES string of the molecule is CC[C@H](C)[C@H](NC(=O)[C@@H](NC(=O)[C@H](CCCN=C(N)N)NC(=O)[C@@H](N)CCCN=C(N)N)C(C)C)C(=O)N[C@@H](CC(C)C)C(=O)N1CCC[C@H]1C(=O)N[C@H](C(=O)N[C@@H](C)C(=O)N1CCC[C@H]1C(=O)N1CCC[C@H]1C(=O)N[C@@H](CCC(=O)O)C(=O)O)[C@@H](C)O. The molecule has 496 valence electrons. The summed E-state index contributed by atoms with van der Waals surface area (Å²) >= 11 is 0. The van der Waals surface area contributed by atoms with Crippen LogP contribution < -0.4 is 65.9 Å². The lowest BCUT2D eigenvalue weighted by molar-refractivity contribution is -0.149. The summed E-state index contributed by atoms with van der Waals surface area (Å²) < 4.78 is 0. The number of aliphatic imine (C=N–C) groups is 2. The van der Waals surface area contributed by atoms with Crippen molar-refractivity contribution in [1.29, 1.82) is 0 Å². The average Bonchev–Trinajstić information content (AvgIpc) is 2.75. The van der Waals surface area contributed by atoms with Gasteiger partial charge in [0.1, 0.15) is 60.4 Å². The number of amides is 10. The highest BCUT2D eigenvalue weighted by Crippen LogP contribution is 2.27. The third kappa shape index (κ3) is 22.7. The van der Waals surface area contributed by atoms with Crippen LogP contribution >= 0.6 is 0 Å². The molecule has 20 N–H and O–H groups in total. The van der Waals surface area contributed by atoms with E-state index in [-0.39, 0.29) is 102 Å². The summed E-state index contributed by atoms with van der Waals surface area (Å²) in [4.78, 5) is 174. The van der Waals surface area contributed by atoms with Gasteiger partial charge in [0, 0.05) is 39.1 Å². The van der Waals surface area contributed by atoms with Crippen molar-refractivity contribution < 1.29 is 72.9 Å². The lowest BCUT2D eigenvalue weighted by Gasteiger charge is -2.33. The normalized spacial score (nSPS) is 19.9. The Kier molecular flexibility index (Phi) is 30.2. The maximum Gasteiger partial charge on any atom is 0.326 e. The van der Waals surface area contributed by atoms with E-state index >= 15 is 0 Å². The molecule has 13 atom stereocenters. The van der Waals surface area contributed by atoms with E-state index in [4.69, 9.17) is 33.8 Å². The van der Waals surface area contributed by atoms with Crippen molar-refractivity contribution in [2.24, 2.45) is 56.4 Å². The number of nitrogens with zero attached hydrogens (tertiary/aromatic N) is 5. The molecular formula is C56H97N17O15. The fourth-order valence-corrected chi connectivity index (χ4v) is 10.7. The summed E-state index contributed by atoms with van der Waals surface area (Å²) in [5, 5.41) is 47.9. The molecule has 0 aliphatic carbocycles. The number of aliphatic hydroxyl groups is 1. The first-order chi connectivity index (χ1) is 41.3. The lowest BCUT2D eigenvalue weighted by atomic mass is 9.95. The molecule has 0 aromatic rings. The van der Waals surface area contributed by atoms with E-state index in [1.165, 1.54) is 28.5 Å². The fourth-order valence-electron chi connectivity index (χ4n) is 10.7. The van der Waals surface area contributed by atoms with Gasteiger partial charge in [0.2, 0.25) is 59.1 Å². The molecule has 0 saturated carbocycles. The van der Waals surface area contributed by atoms with Gasteiger partial charge in [-0.2, -0.15) is 0 Å². The van der Waals surface area contributed by atoms with E-state index in [1.54, 1.807) is 27.7 Å². The Morgan fingerprint density at radius 3 is 1.55 bits per heavy atom. The number of hydrogen-bond donors (Lipinski definition) is 15. The van der Waals surface area contributed by atoms with E-state index in [0.29, 0.717) is 32.1 Å². The number of nitrogens with one attached hydrogen (secondary N) is 7. The fraction of sp³-hybridized carbons (Fsp3) is 0.750. The second-order valence-corrected chi connectivity index (χ2v) is 23.7. The summed E-state index contributed by atoms with van der Waals surface area (Å²) in [5.41, 5.74) is 27.9. The monoisotopic (exact) mass is 1250 g/mol. The predicted molar refractivity (Wildman–Crippen MR) is 321 cm³/mol. The Morgan fingerprint density at radius 2 is 1.02 bits per heavy atom. The number of guanidine groups is 2. The zero-order chi connectivity index (χ0) is 66.3. The molecule has 0 aromatic carbocycles.